The van der Waals surface area contributed by atoms with Gasteiger partial charge in [0.05, 0.1) is 6.04 Å². The highest BCUT2D eigenvalue weighted by atomic mass is 16.1. The van der Waals surface area contributed by atoms with Crippen molar-refractivity contribution in [3.63, 3.8) is 0 Å². The second kappa shape index (κ2) is 5.69. The van der Waals surface area contributed by atoms with Gasteiger partial charge in [-0.2, -0.15) is 0 Å². The van der Waals surface area contributed by atoms with Crippen molar-refractivity contribution >= 4 is 5.78 Å². The summed E-state index contributed by atoms with van der Waals surface area (Å²) < 4.78 is 0. The Morgan fingerprint density at radius 3 is 2.65 bits per heavy atom. The molecule has 1 aliphatic carbocycles. The third-order valence-corrected chi connectivity index (χ3v) is 5.10. The molecule has 0 aromatic heterocycles. The highest BCUT2D eigenvalue weighted by Crippen LogP contribution is 2.56. The molecule has 0 amide bonds. The summed E-state index contributed by atoms with van der Waals surface area (Å²) in [6.45, 7) is 3.97. The van der Waals surface area contributed by atoms with Crippen molar-refractivity contribution in [3.8, 4) is 0 Å². The number of nitrogens with zero attached hydrogens (tertiary/aromatic N) is 1. The minimum absolute atomic E-state index is 0.215. The van der Waals surface area contributed by atoms with E-state index >= 15 is 0 Å². The van der Waals surface area contributed by atoms with E-state index < -0.39 is 0 Å². The molecule has 1 spiro atoms. The van der Waals surface area contributed by atoms with Crippen LogP contribution >= 0.6 is 0 Å². The molecule has 20 heavy (non-hydrogen) atoms. The van der Waals surface area contributed by atoms with Gasteiger partial charge < -0.3 is 0 Å². The summed E-state index contributed by atoms with van der Waals surface area (Å²) >= 11 is 0. The molecule has 2 fully saturated rings. The minimum atomic E-state index is 0.215. The van der Waals surface area contributed by atoms with Crippen LogP contribution in [0.4, 0.5) is 0 Å². The van der Waals surface area contributed by atoms with Crippen molar-refractivity contribution in [2.45, 2.75) is 51.5 Å². The van der Waals surface area contributed by atoms with Crippen LogP contribution in [0.2, 0.25) is 0 Å². The molecule has 2 nitrogen and oxygen atoms in total. The van der Waals surface area contributed by atoms with Crippen molar-refractivity contribution in [2.75, 3.05) is 13.1 Å². The number of carbonyl (C=O) groups excluding carboxylic acids is 1. The lowest BCUT2D eigenvalue weighted by Crippen LogP contribution is -2.50. The SMILES string of the molecule is CC(=O)[C@@H]1N(CCCc2ccccc2)CCCC12CC2. The molecule has 1 saturated carbocycles. The first-order valence-corrected chi connectivity index (χ1v) is 8.00. The summed E-state index contributed by atoms with van der Waals surface area (Å²) in [6.07, 6.45) is 7.36. The molecule has 1 aromatic rings. The molecular weight excluding hydrogens is 246 g/mol. The van der Waals surface area contributed by atoms with Gasteiger partial charge in [0.1, 0.15) is 5.78 Å². The van der Waals surface area contributed by atoms with Gasteiger partial charge in [0, 0.05) is 0 Å². The van der Waals surface area contributed by atoms with E-state index in [9.17, 15) is 4.79 Å². The second-order valence-corrected chi connectivity index (χ2v) is 6.60. The van der Waals surface area contributed by atoms with E-state index in [2.05, 4.69) is 35.2 Å². The van der Waals surface area contributed by atoms with Gasteiger partial charge in [-0.3, -0.25) is 9.69 Å². The molecule has 1 aromatic carbocycles. The molecule has 1 saturated heterocycles. The lowest BCUT2D eigenvalue weighted by Gasteiger charge is -2.40. The third-order valence-electron chi connectivity index (χ3n) is 5.10. The number of aryl methyl sites for hydroxylation is 1. The molecule has 0 N–H and O–H groups in total. The lowest BCUT2D eigenvalue weighted by atomic mass is 9.83. The Balaban J connectivity index is 1.57. The fourth-order valence-electron chi connectivity index (χ4n) is 4.03. The monoisotopic (exact) mass is 271 g/mol. The number of hydrogen-bond acceptors (Lipinski definition) is 2. The van der Waals surface area contributed by atoms with E-state index in [-0.39, 0.29) is 6.04 Å². The zero-order valence-corrected chi connectivity index (χ0v) is 12.5. The second-order valence-electron chi connectivity index (χ2n) is 6.60. The minimum Gasteiger partial charge on any atom is -0.298 e. The summed E-state index contributed by atoms with van der Waals surface area (Å²) in [4.78, 5) is 14.5. The first-order chi connectivity index (χ1) is 9.71. The molecule has 2 heteroatoms. The van der Waals surface area contributed by atoms with Crippen LogP contribution in [0.15, 0.2) is 30.3 Å². The van der Waals surface area contributed by atoms with Crippen LogP contribution in [-0.2, 0) is 11.2 Å². The molecule has 1 aliphatic heterocycles. The highest BCUT2D eigenvalue weighted by molar-refractivity contribution is 5.83. The van der Waals surface area contributed by atoms with Gasteiger partial charge in [-0.15, -0.1) is 0 Å². The van der Waals surface area contributed by atoms with Crippen molar-refractivity contribution in [1.82, 2.24) is 4.90 Å². The Morgan fingerprint density at radius 2 is 2.00 bits per heavy atom. The average molecular weight is 271 g/mol. The summed E-state index contributed by atoms with van der Waals surface area (Å²) in [6, 6.07) is 10.9. The topological polar surface area (TPSA) is 20.3 Å². The van der Waals surface area contributed by atoms with Crippen LogP contribution in [-0.4, -0.2) is 29.8 Å². The number of ketones is 1. The zero-order chi connectivity index (χ0) is 14.0. The first kappa shape index (κ1) is 13.8. The summed E-state index contributed by atoms with van der Waals surface area (Å²) in [5.74, 6) is 0.391. The van der Waals surface area contributed by atoms with Crippen molar-refractivity contribution in [2.24, 2.45) is 5.41 Å². The number of likely N-dealkylation sites (tertiary alicyclic amines) is 1. The Hall–Kier alpha value is -1.15. The van der Waals surface area contributed by atoms with Gasteiger partial charge in [-0.05, 0) is 69.5 Å². The predicted octanol–water partition coefficient (Wildman–Crippen LogP) is 3.45. The van der Waals surface area contributed by atoms with E-state index in [0.717, 1.165) is 25.9 Å². The summed E-state index contributed by atoms with van der Waals surface area (Å²) in [5.41, 5.74) is 1.78. The number of rotatable bonds is 5. The first-order valence-electron chi connectivity index (χ1n) is 8.00. The average Bonchev–Trinajstić information content (AvgIpc) is 3.19. The molecule has 108 valence electrons. The fourth-order valence-corrected chi connectivity index (χ4v) is 4.03. The van der Waals surface area contributed by atoms with Crippen molar-refractivity contribution < 1.29 is 4.79 Å². The smallest absolute Gasteiger partial charge is 0.147 e. The van der Waals surface area contributed by atoms with E-state index in [1.807, 2.05) is 0 Å². The standard InChI is InChI=1S/C18H25NO/c1-15(20)17-18(11-12-18)10-6-14-19(17)13-5-9-16-7-3-2-4-8-16/h2-4,7-8,17H,5-6,9-14H2,1H3/t17-/m0/s1. The van der Waals surface area contributed by atoms with E-state index in [1.165, 1.54) is 31.2 Å². The number of benzene rings is 1. The molecule has 3 rings (SSSR count). The van der Waals surface area contributed by atoms with Gasteiger partial charge in [0.2, 0.25) is 0 Å². The van der Waals surface area contributed by atoms with Crippen LogP contribution in [0.25, 0.3) is 0 Å². The van der Waals surface area contributed by atoms with Crippen LogP contribution in [0, 0.1) is 5.41 Å². The van der Waals surface area contributed by atoms with Crippen LogP contribution in [0.5, 0.6) is 0 Å². The number of Topliss-reactive ketones (excluding diaryl/α,β-unsaturated/α-hetero) is 1. The van der Waals surface area contributed by atoms with Gasteiger partial charge in [0.15, 0.2) is 0 Å². The molecule has 0 radical (unpaired) electrons. The Bertz CT molecular complexity index is 464. The maximum absolute atomic E-state index is 12.1. The maximum Gasteiger partial charge on any atom is 0.147 e. The third kappa shape index (κ3) is 2.80. The van der Waals surface area contributed by atoms with Gasteiger partial charge in [-0.25, -0.2) is 0 Å². The Morgan fingerprint density at radius 1 is 1.25 bits per heavy atom. The zero-order valence-electron chi connectivity index (χ0n) is 12.5. The highest BCUT2D eigenvalue weighted by Gasteiger charge is 2.54. The summed E-state index contributed by atoms with van der Waals surface area (Å²) in [7, 11) is 0. The quantitative estimate of drug-likeness (QED) is 0.817. The van der Waals surface area contributed by atoms with E-state index in [0.29, 0.717) is 11.2 Å². The fraction of sp³-hybridized carbons (Fsp3) is 0.611. The Labute approximate surface area is 122 Å². The van der Waals surface area contributed by atoms with Crippen molar-refractivity contribution in [3.05, 3.63) is 35.9 Å². The van der Waals surface area contributed by atoms with Crippen LogP contribution in [0.3, 0.4) is 0 Å². The van der Waals surface area contributed by atoms with Gasteiger partial charge in [-0.1, -0.05) is 30.3 Å². The van der Waals surface area contributed by atoms with Crippen LogP contribution < -0.4 is 0 Å². The molecule has 1 heterocycles. The molecule has 0 bridgehead atoms. The molecule has 2 aliphatic rings. The summed E-state index contributed by atoms with van der Waals surface area (Å²) in [5, 5.41) is 0. The predicted molar refractivity (Wildman–Crippen MR) is 81.7 cm³/mol. The van der Waals surface area contributed by atoms with E-state index in [4.69, 9.17) is 0 Å². The van der Waals surface area contributed by atoms with Gasteiger partial charge in [0.25, 0.3) is 0 Å². The number of piperidine rings is 1. The normalized spacial score (nSPS) is 24.8. The molecular formula is C18H25NO. The molecule has 1 atom stereocenters. The maximum atomic E-state index is 12.1. The van der Waals surface area contributed by atoms with Crippen LogP contribution in [0.1, 0.15) is 44.6 Å². The lowest BCUT2D eigenvalue weighted by molar-refractivity contribution is -0.126. The number of carbonyl (C=O) groups is 1. The Kier molecular flexibility index (Phi) is 3.93. The largest absolute Gasteiger partial charge is 0.298 e. The molecule has 0 unspecified atom stereocenters. The van der Waals surface area contributed by atoms with Gasteiger partial charge >= 0.3 is 0 Å². The van der Waals surface area contributed by atoms with E-state index in [1.54, 1.807) is 6.92 Å². The van der Waals surface area contributed by atoms with Crippen molar-refractivity contribution in [1.29, 1.82) is 0 Å². The number of hydrogen-bond donors (Lipinski definition) is 0.